The number of benzene rings is 1. The van der Waals surface area contributed by atoms with Crippen molar-refractivity contribution in [2.75, 3.05) is 30.8 Å². The highest BCUT2D eigenvalue weighted by Gasteiger charge is 2.10. The average molecular weight is 242 g/mol. The predicted molar refractivity (Wildman–Crippen MR) is 64.9 cm³/mol. The largest absolute Gasteiger partial charge is 0.397 e. The normalized spacial score (nSPS) is 10.3. The maximum absolute atomic E-state index is 13.3. The predicted octanol–water partition coefficient (Wildman–Crippen LogP) is 2.55. The molecular formula is C12H16F2N2O. The lowest BCUT2D eigenvalue weighted by Gasteiger charge is -2.11. The maximum Gasteiger partial charge on any atom is 0.183 e. The number of rotatable bonds is 6. The summed E-state index contributed by atoms with van der Waals surface area (Å²) in [5.41, 5.74) is 6.58. The quantitative estimate of drug-likeness (QED) is 0.458. The van der Waals surface area contributed by atoms with Gasteiger partial charge in [0.05, 0.1) is 24.6 Å². The molecule has 0 saturated carbocycles. The summed E-state index contributed by atoms with van der Waals surface area (Å²) in [6.45, 7) is 6.68. The average Bonchev–Trinajstić information content (AvgIpc) is 2.27. The summed E-state index contributed by atoms with van der Waals surface area (Å²) in [5, 5.41) is 2.70. The zero-order valence-corrected chi connectivity index (χ0v) is 9.72. The molecule has 0 heterocycles. The number of halogens is 2. The van der Waals surface area contributed by atoms with E-state index in [2.05, 4.69) is 11.9 Å². The lowest BCUT2D eigenvalue weighted by molar-refractivity contribution is 0.167. The second kappa shape index (κ2) is 6.20. The van der Waals surface area contributed by atoms with E-state index in [0.29, 0.717) is 19.8 Å². The molecule has 0 amide bonds. The van der Waals surface area contributed by atoms with Gasteiger partial charge in [-0.2, -0.15) is 0 Å². The second-order valence-electron chi connectivity index (χ2n) is 3.76. The van der Waals surface area contributed by atoms with Crippen LogP contribution in [0.5, 0.6) is 0 Å². The van der Waals surface area contributed by atoms with E-state index in [4.69, 9.17) is 10.5 Å². The van der Waals surface area contributed by atoms with Gasteiger partial charge in [-0.15, -0.1) is 0 Å². The number of nitrogens with one attached hydrogen (secondary N) is 1. The Morgan fingerprint density at radius 2 is 2.18 bits per heavy atom. The van der Waals surface area contributed by atoms with Crippen LogP contribution in [0.25, 0.3) is 0 Å². The van der Waals surface area contributed by atoms with E-state index in [1.54, 1.807) is 0 Å². The summed E-state index contributed by atoms with van der Waals surface area (Å²) >= 11 is 0. The van der Waals surface area contributed by atoms with Gasteiger partial charge in [-0.05, 0) is 19.1 Å². The third kappa shape index (κ3) is 4.03. The Kier molecular flexibility index (Phi) is 4.90. The van der Waals surface area contributed by atoms with Gasteiger partial charge in [0.25, 0.3) is 0 Å². The van der Waals surface area contributed by atoms with Gasteiger partial charge in [-0.1, -0.05) is 12.2 Å². The van der Waals surface area contributed by atoms with Crippen molar-refractivity contribution < 1.29 is 13.5 Å². The minimum absolute atomic E-state index is 0.0241. The van der Waals surface area contributed by atoms with Gasteiger partial charge in [0.2, 0.25) is 0 Å². The zero-order valence-electron chi connectivity index (χ0n) is 9.72. The molecule has 3 nitrogen and oxygen atoms in total. The van der Waals surface area contributed by atoms with Gasteiger partial charge in [0.15, 0.2) is 11.6 Å². The summed E-state index contributed by atoms with van der Waals surface area (Å²) in [6, 6.07) is 2.31. The van der Waals surface area contributed by atoms with E-state index < -0.39 is 11.6 Å². The Hall–Kier alpha value is -1.62. The van der Waals surface area contributed by atoms with Crippen LogP contribution >= 0.6 is 0 Å². The molecule has 0 aliphatic rings. The highest BCUT2D eigenvalue weighted by molar-refractivity contribution is 5.66. The third-order valence-electron chi connectivity index (χ3n) is 2.02. The molecule has 0 aliphatic heterocycles. The minimum atomic E-state index is -0.968. The van der Waals surface area contributed by atoms with Crippen molar-refractivity contribution in [3.8, 4) is 0 Å². The van der Waals surface area contributed by atoms with Crippen LogP contribution in [0.3, 0.4) is 0 Å². The number of hydrogen-bond donors (Lipinski definition) is 2. The van der Waals surface area contributed by atoms with Crippen molar-refractivity contribution in [3.63, 3.8) is 0 Å². The number of nitrogen functional groups attached to an aromatic ring is 1. The third-order valence-corrected chi connectivity index (χ3v) is 2.02. The van der Waals surface area contributed by atoms with Crippen LogP contribution in [0, 0.1) is 11.6 Å². The first-order valence-corrected chi connectivity index (χ1v) is 5.22. The van der Waals surface area contributed by atoms with Gasteiger partial charge in [0, 0.05) is 6.54 Å². The van der Waals surface area contributed by atoms with Gasteiger partial charge < -0.3 is 15.8 Å². The molecule has 0 atom stereocenters. The molecule has 0 unspecified atom stereocenters. The number of ether oxygens (including phenoxy) is 1. The smallest absolute Gasteiger partial charge is 0.183 e. The van der Waals surface area contributed by atoms with Crippen LogP contribution in [0.4, 0.5) is 20.2 Å². The fraction of sp³-hybridized carbons (Fsp3) is 0.333. The summed E-state index contributed by atoms with van der Waals surface area (Å²) in [6.07, 6.45) is 0. The van der Waals surface area contributed by atoms with E-state index in [1.165, 1.54) is 6.07 Å². The molecule has 0 aliphatic carbocycles. The molecule has 3 N–H and O–H groups in total. The number of nitrogens with two attached hydrogens (primary N) is 1. The standard InChI is InChI=1S/C12H16F2N2O/c1-8(2)7-17-6-5-16-12-10(15)4-3-9(13)11(12)14/h3-4,16H,1,5-7,15H2,2H3. The first kappa shape index (κ1) is 13.4. The second-order valence-corrected chi connectivity index (χ2v) is 3.76. The van der Waals surface area contributed by atoms with Crippen LogP contribution in [-0.2, 0) is 4.74 Å². The van der Waals surface area contributed by atoms with E-state index in [-0.39, 0.29) is 11.4 Å². The molecule has 94 valence electrons. The first-order chi connectivity index (χ1) is 8.02. The van der Waals surface area contributed by atoms with Gasteiger partial charge in [-0.25, -0.2) is 8.78 Å². The van der Waals surface area contributed by atoms with Crippen molar-refractivity contribution in [2.45, 2.75) is 6.92 Å². The Morgan fingerprint density at radius 3 is 2.82 bits per heavy atom. The monoisotopic (exact) mass is 242 g/mol. The number of anilines is 2. The molecule has 0 radical (unpaired) electrons. The topological polar surface area (TPSA) is 47.3 Å². The van der Waals surface area contributed by atoms with Crippen LogP contribution < -0.4 is 11.1 Å². The first-order valence-electron chi connectivity index (χ1n) is 5.22. The van der Waals surface area contributed by atoms with Crippen LogP contribution in [-0.4, -0.2) is 19.8 Å². The van der Waals surface area contributed by atoms with Gasteiger partial charge >= 0.3 is 0 Å². The molecule has 1 aromatic carbocycles. The summed E-state index contributed by atoms with van der Waals surface area (Å²) in [4.78, 5) is 0. The Balaban J connectivity index is 2.46. The molecule has 5 heteroatoms. The van der Waals surface area contributed by atoms with Crippen LogP contribution in [0.1, 0.15) is 6.92 Å². The Labute approximate surface area is 99.3 Å². The summed E-state index contributed by atoms with van der Waals surface area (Å²) < 4.78 is 31.5. The zero-order chi connectivity index (χ0) is 12.8. The molecule has 0 spiro atoms. The lowest BCUT2D eigenvalue weighted by atomic mass is 10.2. The molecule has 0 fully saturated rings. The molecule has 0 saturated heterocycles. The minimum Gasteiger partial charge on any atom is -0.397 e. The van der Waals surface area contributed by atoms with Crippen molar-refractivity contribution in [3.05, 3.63) is 35.9 Å². The molecule has 1 rings (SSSR count). The fourth-order valence-electron chi connectivity index (χ4n) is 1.24. The highest BCUT2D eigenvalue weighted by atomic mass is 19.2. The molecule has 0 aromatic heterocycles. The van der Waals surface area contributed by atoms with E-state index in [9.17, 15) is 8.78 Å². The van der Waals surface area contributed by atoms with Crippen molar-refractivity contribution >= 4 is 11.4 Å². The van der Waals surface area contributed by atoms with Crippen molar-refractivity contribution in [1.29, 1.82) is 0 Å². The SMILES string of the molecule is C=C(C)COCCNc1c(N)ccc(F)c1F. The maximum atomic E-state index is 13.3. The summed E-state index contributed by atoms with van der Waals surface area (Å²) in [5.74, 6) is -1.89. The fourth-order valence-corrected chi connectivity index (χ4v) is 1.24. The Bertz CT molecular complexity index is 408. The number of hydrogen-bond acceptors (Lipinski definition) is 3. The Morgan fingerprint density at radius 1 is 1.47 bits per heavy atom. The van der Waals surface area contributed by atoms with E-state index in [1.807, 2.05) is 6.92 Å². The van der Waals surface area contributed by atoms with E-state index >= 15 is 0 Å². The lowest BCUT2D eigenvalue weighted by Crippen LogP contribution is -2.13. The van der Waals surface area contributed by atoms with Crippen molar-refractivity contribution in [2.24, 2.45) is 0 Å². The molecule has 17 heavy (non-hydrogen) atoms. The van der Waals surface area contributed by atoms with Crippen LogP contribution in [0.15, 0.2) is 24.3 Å². The molecule has 0 bridgehead atoms. The highest BCUT2D eigenvalue weighted by Crippen LogP contribution is 2.24. The van der Waals surface area contributed by atoms with Crippen LogP contribution in [0.2, 0.25) is 0 Å². The molecule has 1 aromatic rings. The summed E-state index contributed by atoms with van der Waals surface area (Å²) in [7, 11) is 0. The van der Waals surface area contributed by atoms with Crippen molar-refractivity contribution in [1.82, 2.24) is 0 Å². The van der Waals surface area contributed by atoms with Gasteiger partial charge in [-0.3, -0.25) is 0 Å². The molecular weight excluding hydrogens is 226 g/mol. The van der Waals surface area contributed by atoms with Gasteiger partial charge in [0.1, 0.15) is 0 Å². The van der Waals surface area contributed by atoms with E-state index in [0.717, 1.165) is 11.6 Å².